The van der Waals surface area contributed by atoms with E-state index in [-0.39, 0.29) is 11.8 Å². The van der Waals surface area contributed by atoms with Crippen LogP contribution in [0.15, 0.2) is 59.8 Å². The number of hydrogen-bond donors (Lipinski definition) is 0. The number of para-hydroxylation sites is 1. The van der Waals surface area contributed by atoms with Gasteiger partial charge >= 0.3 is 0 Å². The van der Waals surface area contributed by atoms with Crippen LogP contribution < -0.4 is 4.74 Å². The number of benzene rings is 2. The minimum Gasteiger partial charge on any atom is -0.496 e. The van der Waals surface area contributed by atoms with E-state index < -0.39 is 6.10 Å². The first kappa shape index (κ1) is 20.9. The van der Waals surface area contributed by atoms with Crippen molar-refractivity contribution in [2.24, 2.45) is 5.16 Å². The summed E-state index contributed by atoms with van der Waals surface area (Å²) in [4.78, 5) is 34.7. The highest BCUT2D eigenvalue weighted by Gasteiger charge is 2.34. The van der Waals surface area contributed by atoms with Gasteiger partial charge in [-0.25, -0.2) is 0 Å². The second-order valence-electron chi connectivity index (χ2n) is 7.76. The maximum absolute atomic E-state index is 12.9. The van der Waals surface area contributed by atoms with Crippen molar-refractivity contribution < 1.29 is 19.2 Å². The summed E-state index contributed by atoms with van der Waals surface area (Å²) in [5.41, 5.74) is 2.71. The fourth-order valence-corrected chi connectivity index (χ4v) is 3.97. The van der Waals surface area contributed by atoms with Crippen molar-refractivity contribution in [3.8, 4) is 5.75 Å². The smallest absolute Gasteiger partial charge is 0.267 e. The van der Waals surface area contributed by atoms with Crippen LogP contribution in [0.2, 0.25) is 0 Å². The Balaban J connectivity index is 1.26. The molecule has 0 aliphatic carbocycles. The molecular weight excluding hydrogens is 394 g/mol. The predicted octanol–water partition coefficient (Wildman–Crippen LogP) is 2.76. The summed E-state index contributed by atoms with van der Waals surface area (Å²) in [7, 11) is 1.56. The summed E-state index contributed by atoms with van der Waals surface area (Å²) in [5.74, 6) is 0.432. The second kappa shape index (κ2) is 9.64. The Labute approximate surface area is 182 Å². The van der Waals surface area contributed by atoms with Crippen LogP contribution >= 0.6 is 0 Å². The summed E-state index contributed by atoms with van der Waals surface area (Å²) >= 11 is 0. The third kappa shape index (κ3) is 4.87. The number of carbonyl (C=O) groups is 2. The first-order valence-corrected chi connectivity index (χ1v) is 10.6. The Morgan fingerprint density at radius 1 is 0.968 bits per heavy atom. The summed E-state index contributed by atoms with van der Waals surface area (Å²) in [6.45, 7) is 1.94. The molecule has 2 aromatic rings. The molecule has 0 spiro atoms. The maximum Gasteiger partial charge on any atom is 0.267 e. The van der Waals surface area contributed by atoms with E-state index in [0.29, 0.717) is 43.9 Å². The molecule has 7 heteroatoms. The van der Waals surface area contributed by atoms with Crippen LogP contribution in [0.25, 0.3) is 0 Å². The van der Waals surface area contributed by atoms with Gasteiger partial charge in [0.05, 0.1) is 18.4 Å². The lowest BCUT2D eigenvalue weighted by atomic mass is 10.0. The van der Waals surface area contributed by atoms with Crippen LogP contribution in [0.5, 0.6) is 5.75 Å². The Bertz CT molecular complexity index is 952. The summed E-state index contributed by atoms with van der Waals surface area (Å²) < 4.78 is 5.30. The maximum atomic E-state index is 12.9. The Morgan fingerprint density at radius 2 is 1.65 bits per heavy atom. The second-order valence-corrected chi connectivity index (χ2v) is 7.76. The van der Waals surface area contributed by atoms with Crippen LogP contribution in [-0.2, 0) is 16.1 Å². The number of piperazine rings is 1. The van der Waals surface area contributed by atoms with Crippen molar-refractivity contribution in [2.75, 3.05) is 33.3 Å². The highest BCUT2D eigenvalue weighted by molar-refractivity contribution is 5.97. The number of aryl methyl sites for hydroxylation is 1. The van der Waals surface area contributed by atoms with Gasteiger partial charge in [-0.15, -0.1) is 0 Å². The van der Waals surface area contributed by atoms with Gasteiger partial charge in [0, 0.05) is 32.6 Å². The SMILES string of the molecule is COc1ccccc1C(=O)N1CCN(C(=O)[C@H]2CC(CCc3ccccc3)=NO2)CC1. The molecule has 4 rings (SSSR count). The highest BCUT2D eigenvalue weighted by atomic mass is 16.6. The number of nitrogens with zero attached hydrogens (tertiary/aromatic N) is 3. The van der Waals surface area contributed by atoms with E-state index in [1.807, 2.05) is 30.3 Å². The molecule has 0 aromatic heterocycles. The largest absolute Gasteiger partial charge is 0.496 e. The van der Waals surface area contributed by atoms with Crippen molar-refractivity contribution >= 4 is 17.5 Å². The number of hydrogen-bond acceptors (Lipinski definition) is 5. The highest BCUT2D eigenvalue weighted by Crippen LogP contribution is 2.21. The van der Waals surface area contributed by atoms with E-state index in [0.717, 1.165) is 18.6 Å². The van der Waals surface area contributed by atoms with Crippen molar-refractivity contribution in [1.82, 2.24) is 9.80 Å². The zero-order chi connectivity index (χ0) is 21.6. The molecule has 0 bridgehead atoms. The monoisotopic (exact) mass is 421 g/mol. The Kier molecular flexibility index (Phi) is 6.50. The average Bonchev–Trinajstić information content (AvgIpc) is 3.31. The predicted molar refractivity (Wildman–Crippen MR) is 117 cm³/mol. The normalized spacial score (nSPS) is 18.4. The Morgan fingerprint density at radius 3 is 2.39 bits per heavy atom. The summed E-state index contributed by atoms with van der Waals surface area (Å²) in [6, 6.07) is 17.4. The van der Waals surface area contributed by atoms with E-state index >= 15 is 0 Å². The molecule has 0 saturated carbocycles. The molecule has 1 saturated heterocycles. The zero-order valence-corrected chi connectivity index (χ0v) is 17.7. The molecule has 0 radical (unpaired) electrons. The topological polar surface area (TPSA) is 71.4 Å². The van der Waals surface area contributed by atoms with E-state index in [1.165, 1.54) is 5.56 Å². The van der Waals surface area contributed by atoms with Crippen LogP contribution in [0.4, 0.5) is 0 Å². The van der Waals surface area contributed by atoms with Gasteiger partial charge in [-0.2, -0.15) is 0 Å². The third-order valence-corrected chi connectivity index (χ3v) is 5.77. The lowest BCUT2D eigenvalue weighted by Crippen LogP contribution is -2.53. The third-order valence-electron chi connectivity index (χ3n) is 5.77. The molecule has 2 aliphatic rings. The quantitative estimate of drug-likeness (QED) is 0.719. The molecule has 0 unspecified atom stereocenters. The molecule has 7 nitrogen and oxygen atoms in total. The van der Waals surface area contributed by atoms with Crippen molar-refractivity contribution in [3.63, 3.8) is 0 Å². The number of carbonyl (C=O) groups excluding carboxylic acids is 2. The zero-order valence-electron chi connectivity index (χ0n) is 17.7. The minimum absolute atomic E-state index is 0.0529. The van der Waals surface area contributed by atoms with Gasteiger partial charge in [-0.1, -0.05) is 47.6 Å². The number of amides is 2. The fraction of sp³-hybridized carbons (Fsp3) is 0.375. The average molecular weight is 421 g/mol. The van der Waals surface area contributed by atoms with Gasteiger partial charge in [0.25, 0.3) is 11.8 Å². The van der Waals surface area contributed by atoms with E-state index in [9.17, 15) is 9.59 Å². The first-order chi connectivity index (χ1) is 15.2. The first-order valence-electron chi connectivity index (χ1n) is 10.6. The van der Waals surface area contributed by atoms with Crippen LogP contribution in [0.1, 0.15) is 28.8 Å². The molecule has 0 N–H and O–H groups in total. The lowest BCUT2D eigenvalue weighted by molar-refractivity contribution is -0.143. The number of oxime groups is 1. The Hall–Kier alpha value is -3.35. The van der Waals surface area contributed by atoms with Crippen molar-refractivity contribution in [3.05, 3.63) is 65.7 Å². The molecular formula is C24H27N3O4. The van der Waals surface area contributed by atoms with Gasteiger partial charge in [-0.05, 0) is 30.5 Å². The van der Waals surface area contributed by atoms with E-state index in [1.54, 1.807) is 29.0 Å². The minimum atomic E-state index is -0.553. The van der Waals surface area contributed by atoms with Gasteiger partial charge in [0.2, 0.25) is 6.10 Å². The van der Waals surface area contributed by atoms with E-state index in [4.69, 9.17) is 9.57 Å². The van der Waals surface area contributed by atoms with Crippen molar-refractivity contribution in [1.29, 1.82) is 0 Å². The van der Waals surface area contributed by atoms with Gasteiger partial charge < -0.3 is 19.4 Å². The molecule has 1 fully saturated rings. The molecule has 2 aromatic carbocycles. The van der Waals surface area contributed by atoms with E-state index in [2.05, 4.69) is 17.3 Å². The lowest BCUT2D eigenvalue weighted by Gasteiger charge is -2.35. The summed E-state index contributed by atoms with van der Waals surface area (Å²) in [6.07, 6.45) is 1.65. The fourth-order valence-electron chi connectivity index (χ4n) is 3.97. The van der Waals surface area contributed by atoms with Crippen LogP contribution in [-0.4, -0.2) is 66.7 Å². The number of ether oxygens (including phenoxy) is 1. The molecule has 2 aliphatic heterocycles. The van der Waals surface area contributed by atoms with Crippen molar-refractivity contribution in [2.45, 2.75) is 25.4 Å². The van der Waals surface area contributed by atoms with Crippen LogP contribution in [0, 0.1) is 0 Å². The molecule has 162 valence electrons. The molecule has 2 amide bonds. The standard InChI is InChI=1S/C24H27N3O4/c1-30-21-10-6-5-9-20(21)23(28)26-13-15-27(16-14-26)24(29)22-17-19(25-31-22)12-11-18-7-3-2-4-8-18/h2-10,22H,11-17H2,1H3/t22-/m1/s1. The van der Waals surface area contributed by atoms with Gasteiger partial charge in [0.1, 0.15) is 5.75 Å². The van der Waals surface area contributed by atoms with Gasteiger partial charge in [-0.3, -0.25) is 9.59 Å². The van der Waals surface area contributed by atoms with Gasteiger partial charge in [0.15, 0.2) is 0 Å². The molecule has 31 heavy (non-hydrogen) atoms. The summed E-state index contributed by atoms with van der Waals surface area (Å²) in [5, 5.41) is 4.14. The molecule has 2 heterocycles. The van der Waals surface area contributed by atoms with Crippen LogP contribution in [0.3, 0.4) is 0 Å². The number of rotatable bonds is 6. The molecule has 1 atom stereocenters. The number of methoxy groups -OCH3 is 1.